The van der Waals surface area contributed by atoms with Gasteiger partial charge in [-0.1, -0.05) is 26.1 Å². The average molecular weight is 158 g/mol. The van der Waals surface area contributed by atoms with Gasteiger partial charge in [0.25, 0.3) is 0 Å². The van der Waals surface area contributed by atoms with Crippen molar-refractivity contribution in [3.8, 4) is 0 Å². The van der Waals surface area contributed by atoms with Gasteiger partial charge in [0.15, 0.2) is 5.78 Å². The van der Waals surface area contributed by atoms with Crippen LogP contribution in [-0.4, -0.2) is 10.6 Å². The van der Waals surface area contributed by atoms with Gasteiger partial charge in [0.2, 0.25) is 0 Å². The SMILES string of the molecule is CC.CC(=O)C=CC(C)=S. The van der Waals surface area contributed by atoms with Crippen molar-refractivity contribution < 1.29 is 4.79 Å². The summed E-state index contributed by atoms with van der Waals surface area (Å²) in [6.07, 6.45) is 3.08. The highest BCUT2D eigenvalue weighted by atomic mass is 32.1. The molecule has 0 atom stereocenters. The third kappa shape index (κ3) is 15.6. The Bertz CT molecular complexity index is 120. The van der Waals surface area contributed by atoms with E-state index in [1.807, 2.05) is 13.8 Å². The van der Waals surface area contributed by atoms with Crippen LogP contribution in [-0.2, 0) is 4.79 Å². The summed E-state index contributed by atoms with van der Waals surface area (Å²) < 4.78 is 0. The molecule has 0 rings (SSSR count). The Morgan fingerprint density at radius 1 is 1.20 bits per heavy atom. The van der Waals surface area contributed by atoms with Gasteiger partial charge in [-0.25, -0.2) is 0 Å². The van der Waals surface area contributed by atoms with Crippen molar-refractivity contribution in [3.05, 3.63) is 12.2 Å². The van der Waals surface area contributed by atoms with Gasteiger partial charge in [0, 0.05) is 4.86 Å². The monoisotopic (exact) mass is 158 g/mol. The van der Waals surface area contributed by atoms with Gasteiger partial charge < -0.3 is 0 Å². The van der Waals surface area contributed by atoms with Crippen molar-refractivity contribution in [1.82, 2.24) is 0 Å². The van der Waals surface area contributed by atoms with Crippen LogP contribution in [0.15, 0.2) is 12.2 Å². The van der Waals surface area contributed by atoms with Crippen LogP contribution >= 0.6 is 12.2 Å². The topological polar surface area (TPSA) is 17.1 Å². The Hall–Kier alpha value is -0.500. The van der Waals surface area contributed by atoms with Gasteiger partial charge in [0.1, 0.15) is 0 Å². The molecule has 0 aromatic heterocycles. The van der Waals surface area contributed by atoms with Gasteiger partial charge in [-0.05, 0) is 26.0 Å². The lowest BCUT2D eigenvalue weighted by molar-refractivity contribution is -0.112. The number of thiocarbonyl (C=S) groups is 1. The Morgan fingerprint density at radius 2 is 1.60 bits per heavy atom. The lowest BCUT2D eigenvalue weighted by Crippen LogP contribution is -1.83. The van der Waals surface area contributed by atoms with Crippen LogP contribution in [0.25, 0.3) is 0 Å². The molecule has 0 radical (unpaired) electrons. The molecule has 58 valence electrons. The van der Waals surface area contributed by atoms with E-state index in [1.54, 1.807) is 13.0 Å². The molecule has 1 nitrogen and oxygen atoms in total. The Morgan fingerprint density at radius 3 is 1.70 bits per heavy atom. The second-order valence-corrected chi connectivity index (χ2v) is 2.20. The molecule has 0 aromatic carbocycles. The zero-order valence-electron chi connectivity index (χ0n) is 6.97. The summed E-state index contributed by atoms with van der Waals surface area (Å²) in [6, 6.07) is 0. The first-order chi connectivity index (χ1) is 4.63. The summed E-state index contributed by atoms with van der Waals surface area (Å²) in [5.74, 6) is 0.0363. The van der Waals surface area contributed by atoms with Gasteiger partial charge in [-0.2, -0.15) is 0 Å². The molecule has 0 heterocycles. The predicted octanol–water partition coefficient (Wildman–Crippen LogP) is 2.55. The number of rotatable bonds is 2. The summed E-state index contributed by atoms with van der Waals surface area (Å²) >= 11 is 4.67. The summed E-state index contributed by atoms with van der Waals surface area (Å²) in [7, 11) is 0. The van der Waals surface area contributed by atoms with Gasteiger partial charge in [-0.3, -0.25) is 4.79 Å². The summed E-state index contributed by atoms with van der Waals surface area (Å²) in [5.41, 5.74) is 0. The standard InChI is InChI=1S/C6H8OS.C2H6/c1-5(7)3-4-6(2)8;1-2/h3-4H,1-2H3;1-2H3. The maximum absolute atomic E-state index is 10.2. The average Bonchev–Trinajstić information content (AvgIpc) is 1.89. The van der Waals surface area contributed by atoms with E-state index in [-0.39, 0.29) is 5.78 Å². The normalized spacial score (nSPS) is 8.40. The predicted molar refractivity (Wildman–Crippen MR) is 49.4 cm³/mol. The van der Waals surface area contributed by atoms with E-state index < -0.39 is 0 Å². The molecule has 0 N–H and O–H groups in total. The molecule has 0 aliphatic rings. The maximum Gasteiger partial charge on any atom is 0.152 e. The van der Waals surface area contributed by atoms with Gasteiger partial charge in [0.05, 0.1) is 0 Å². The molecular weight excluding hydrogens is 144 g/mol. The highest BCUT2D eigenvalue weighted by Gasteiger charge is 1.80. The number of hydrogen-bond acceptors (Lipinski definition) is 2. The zero-order chi connectivity index (χ0) is 8.57. The minimum Gasteiger partial charge on any atom is -0.295 e. The molecule has 0 aliphatic heterocycles. The largest absolute Gasteiger partial charge is 0.295 e. The lowest BCUT2D eigenvalue weighted by atomic mass is 10.3. The molecular formula is C8H14OS. The van der Waals surface area contributed by atoms with E-state index in [9.17, 15) is 4.79 Å². The van der Waals surface area contributed by atoms with Crippen molar-refractivity contribution >= 4 is 22.9 Å². The molecule has 0 unspecified atom stereocenters. The number of allylic oxidation sites excluding steroid dienone is 2. The van der Waals surface area contributed by atoms with Crippen molar-refractivity contribution in [1.29, 1.82) is 0 Å². The molecule has 0 fully saturated rings. The molecule has 10 heavy (non-hydrogen) atoms. The summed E-state index contributed by atoms with van der Waals surface area (Å²) in [6.45, 7) is 7.27. The fourth-order valence-corrected chi connectivity index (χ4v) is 0.303. The third-order valence-electron chi connectivity index (χ3n) is 0.553. The minimum absolute atomic E-state index is 0.0363. The first-order valence-electron chi connectivity index (χ1n) is 3.32. The van der Waals surface area contributed by atoms with Crippen LogP contribution in [0.1, 0.15) is 27.7 Å². The van der Waals surface area contributed by atoms with Crippen molar-refractivity contribution in [2.75, 3.05) is 0 Å². The molecule has 0 amide bonds. The lowest BCUT2D eigenvalue weighted by Gasteiger charge is -1.77. The van der Waals surface area contributed by atoms with Crippen molar-refractivity contribution in [2.45, 2.75) is 27.7 Å². The van der Waals surface area contributed by atoms with E-state index in [0.29, 0.717) is 0 Å². The van der Waals surface area contributed by atoms with E-state index >= 15 is 0 Å². The van der Waals surface area contributed by atoms with Crippen LogP contribution in [0.3, 0.4) is 0 Å². The second kappa shape index (κ2) is 8.50. The van der Waals surface area contributed by atoms with E-state index in [1.165, 1.54) is 13.0 Å². The van der Waals surface area contributed by atoms with Crippen molar-refractivity contribution in [2.24, 2.45) is 0 Å². The Kier molecular flexibility index (Phi) is 10.4. The molecule has 2 heteroatoms. The van der Waals surface area contributed by atoms with Crippen LogP contribution in [0.2, 0.25) is 0 Å². The molecule has 0 saturated heterocycles. The summed E-state index contributed by atoms with van der Waals surface area (Å²) in [4.78, 5) is 10.9. The fourth-order valence-electron chi connectivity index (χ4n) is 0.235. The third-order valence-corrected chi connectivity index (χ3v) is 0.689. The Balaban J connectivity index is 0. The van der Waals surface area contributed by atoms with Crippen LogP contribution < -0.4 is 0 Å². The molecule has 0 saturated carbocycles. The fraction of sp³-hybridized carbons (Fsp3) is 0.500. The molecule has 0 aliphatic carbocycles. The smallest absolute Gasteiger partial charge is 0.152 e. The highest BCUT2D eigenvalue weighted by Crippen LogP contribution is 1.79. The van der Waals surface area contributed by atoms with E-state index in [4.69, 9.17) is 0 Å². The molecule has 0 spiro atoms. The van der Waals surface area contributed by atoms with Crippen LogP contribution in [0.4, 0.5) is 0 Å². The maximum atomic E-state index is 10.2. The number of carbonyl (C=O) groups excluding carboxylic acids is 1. The van der Waals surface area contributed by atoms with Gasteiger partial charge >= 0.3 is 0 Å². The van der Waals surface area contributed by atoms with Crippen molar-refractivity contribution in [3.63, 3.8) is 0 Å². The Labute approximate surface area is 68.1 Å². The van der Waals surface area contributed by atoms with Gasteiger partial charge in [-0.15, -0.1) is 0 Å². The zero-order valence-corrected chi connectivity index (χ0v) is 7.79. The molecule has 0 bridgehead atoms. The van der Waals surface area contributed by atoms with E-state index in [2.05, 4.69) is 12.2 Å². The van der Waals surface area contributed by atoms with Crippen LogP contribution in [0, 0.1) is 0 Å². The second-order valence-electron chi connectivity index (χ2n) is 1.55. The quantitative estimate of drug-likeness (QED) is 0.454. The minimum atomic E-state index is 0.0363. The first kappa shape index (κ1) is 12.2. The number of hydrogen-bond donors (Lipinski definition) is 0. The van der Waals surface area contributed by atoms with E-state index in [0.717, 1.165) is 4.86 Å². The molecule has 0 aromatic rings. The van der Waals surface area contributed by atoms with Crippen LogP contribution in [0.5, 0.6) is 0 Å². The first-order valence-corrected chi connectivity index (χ1v) is 3.73. The number of carbonyl (C=O) groups is 1. The number of ketones is 1. The highest BCUT2D eigenvalue weighted by molar-refractivity contribution is 7.80. The summed E-state index contributed by atoms with van der Waals surface area (Å²) in [5, 5.41) is 0.